The third-order valence-electron chi connectivity index (χ3n) is 5.30. The van der Waals surface area contributed by atoms with E-state index < -0.39 is 0 Å². The molecular weight excluding hydrogens is 402 g/mol. The highest BCUT2D eigenvalue weighted by Gasteiger charge is 2.41. The molecule has 0 fully saturated rings. The lowest BCUT2D eigenvalue weighted by molar-refractivity contribution is -0.137. The molecule has 0 spiro atoms. The van der Waals surface area contributed by atoms with Crippen LogP contribution in [0, 0.1) is 0 Å². The molecular formula is C26H25N3O3. The number of imide groups is 1. The fraction of sp³-hybridized carbons (Fsp3) is 0.192. The fourth-order valence-corrected chi connectivity index (χ4v) is 3.67. The first kappa shape index (κ1) is 21.3. The summed E-state index contributed by atoms with van der Waals surface area (Å²) >= 11 is 0. The molecule has 0 radical (unpaired) electrons. The molecule has 4 rings (SSSR count). The van der Waals surface area contributed by atoms with Crippen LogP contribution in [0.5, 0.6) is 5.75 Å². The minimum absolute atomic E-state index is 0.166. The molecule has 6 nitrogen and oxygen atoms in total. The maximum Gasteiger partial charge on any atom is 0.278 e. The van der Waals surface area contributed by atoms with Crippen molar-refractivity contribution in [2.45, 2.75) is 19.9 Å². The maximum absolute atomic E-state index is 13.5. The van der Waals surface area contributed by atoms with Gasteiger partial charge in [-0.05, 0) is 47.9 Å². The van der Waals surface area contributed by atoms with Gasteiger partial charge in [-0.3, -0.25) is 19.5 Å². The SMILES string of the molecule is CCCOc1ccc(C2=C(N(C)c3ccccc3)C(=O)N(Cc3cccnc3)C2=O)cc1. The quantitative estimate of drug-likeness (QED) is 0.502. The van der Waals surface area contributed by atoms with Crippen molar-refractivity contribution in [1.29, 1.82) is 0 Å². The predicted molar refractivity (Wildman–Crippen MR) is 124 cm³/mol. The van der Waals surface area contributed by atoms with Gasteiger partial charge in [0.1, 0.15) is 11.4 Å². The summed E-state index contributed by atoms with van der Waals surface area (Å²) in [4.78, 5) is 34.1. The number of aromatic nitrogens is 1. The maximum atomic E-state index is 13.5. The summed E-state index contributed by atoms with van der Waals surface area (Å²) in [5, 5.41) is 0. The van der Waals surface area contributed by atoms with Crippen LogP contribution in [0.3, 0.4) is 0 Å². The Labute approximate surface area is 187 Å². The molecule has 32 heavy (non-hydrogen) atoms. The fourth-order valence-electron chi connectivity index (χ4n) is 3.67. The molecule has 1 aromatic heterocycles. The van der Waals surface area contributed by atoms with E-state index in [4.69, 9.17) is 4.74 Å². The topological polar surface area (TPSA) is 62.7 Å². The lowest BCUT2D eigenvalue weighted by atomic mass is 10.0. The first-order valence-corrected chi connectivity index (χ1v) is 10.6. The van der Waals surface area contributed by atoms with Crippen LogP contribution in [-0.4, -0.2) is 35.4 Å². The summed E-state index contributed by atoms with van der Waals surface area (Å²) in [5.41, 5.74) is 3.03. The summed E-state index contributed by atoms with van der Waals surface area (Å²) in [5.74, 6) is 0.0866. The van der Waals surface area contributed by atoms with Gasteiger partial charge in [0, 0.05) is 25.1 Å². The molecule has 2 aromatic carbocycles. The Morgan fingerprint density at radius 3 is 2.34 bits per heavy atom. The second-order valence-electron chi connectivity index (χ2n) is 7.55. The molecule has 6 heteroatoms. The normalized spacial score (nSPS) is 13.6. The van der Waals surface area contributed by atoms with Crippen molar-refractivity contribution in [3.63, 3.8) is 0 Å². The number of carbonyl (C=O) groups is 2. The average Bonchev–Trinajstić information content (AvgIpc) is 3.08. The van der Waals surface area contributed by atoms with E-state index in [9.17, 15) is 9.59 Å². The molecule has 0 atom stereocenters. The van der Waals surface area contributed by atoms with Crippen LogP contribution in [0.4, 0.5) is 5.69 Å². The summed E-state index contributed by atoms with van der Waals surface area (Å²) in [6, 6.07) is 20.5. The summed E-state index contributed by atoms with van der Waals surface area (Å²) in [6.07, 6.45) is 4.24. The number of anilines is 1. The van der Waals surface area contributed by atoms with Gasteiger partial charge in [-0.25, -0.2) is 0 Å². The van der Waals surface area contributed by atoms with Crippen molar-refractivity contribution in [1.82, 2.24) is 9.88 Å². The smallest absolute Gasteiger partial charge is 0.278 e. The Hall–Kier alpha value is -3.93. The van der Waals surface area contributed by atoms with Crippen molar-refractivity contribution < 1.29 is 14.3 Å². The van der Waals surface area contributed by atoms with Gasteiger partial charge >= 0.3 is 0 Å². The molecule has 0 aliphatic carbocycles. The lowest BCUT2D eigenvalue weighted by Gasteiger charge is -2.21. The van der Waals surface area contributed by atoms with Crippen molar-refractivity contribution >= 4 is 23.1 Å². The number of carbonyl (C=O) groups excluding carboxylic acids is 2. The molecule has 2 amide bonds. The summed E-state index contributed by atoms with van der Waals surface area (Å²) < 4.78 is 5.67. The monoisotopic (exact) mass is 427 g/mol. The second kappa shape index (κ2) is 9.47. The van der Waals surface area contributed by atoms with Crippen LogP contribution in [-0.2, 0) is 16.1 Å². The van der Waals surface area contributed by atoms with Gasteiger partial charge in [-0.2, -0.15) is 0 Å². The minimum Gasteiger partial charge on any atom is -0.494 e. The number of para-hydroxylation sites is 1. The molecule has 1 aliphatic heterocycles. The third kappa shape index (κ3) is 4.25. The first-order valence-electron chi connectivity index (χ1n) is 10.6. The molecule has 0 saturated heterocycles. The van der Waals surface area contributed by atoms with Gasteiger partial charge in [0.2, 0.25) is 0 Å². The number of likely N-dealkylation sites (N-methyl/N-ethyl adjacent to an activating group) is 1. The van der Waals surface area contributed by atoms with Gasteiger partial charge in [0.05, 0.1) is 18.7 Å². The number of benzene rings is 2. The highest BCUT2D eigenvalue weighted by Crippen LogP contribution is 2.34. The Kier molecular flexibility index (Phi) is 6.31. The molecule has 0 saturated carbocycles. The number of ether oxygens (including phenoxy) is 1. The van der Waals surface area contributed by atoms with Crippen LogP contribution in [0.15, 0.2) is 84.8 Å². The summed E-state index contributed by atoms with van der Waals surface area (Å²) in [7, 11) is 1.81. The molecule has 162 valence electrons. The van der Waals surface area contributed by atoms with E-state index in [0.29, 0.717) is 23.4 Å². The predicted octanol–water partition coefficient (Wildman–Crippen LogP) is 4.29. The number of hydrogen-bond donors (Lipinski definition) is 0. The van der Waals surface area contributed by atoms with Crippen molar-refractivity contribution in [2.75, 3.05) is 18.6 Å². The zero-order valence-electron chi connectivity index (χ0n) is 18.2. The zero-order chi connectivity index (χ0) is 22.5. The Balaban J connectivity index is 1.74. The van der Waals surface area contributed by atoms with E-state index in [1.807, 2.05) is 74.6 Å². The Morgan fingerprint density at radius 1 is 0.938 bits per heavy atom. The largest absolute Gasteiger partial charge is 0.494 e. The van der Waals surface area contributed by atoms with Crippen LogP contribution in [0.1, 0.15) is 24.5 Å². The molecule has 0 unspecified atom stereocenters. The van der Waals surface area contributed by atoms with Crippen LogP contribution in [0.2, 0.25) is 0 Å². The number of rotatable bonds is 8. The minimum atomic E-state index is -0.327. The van der Waals surface area contributed by atoms with Gasteiger partial charge in [-0.15, -0.1) is 0 Å². The van der Waals surface area contributed by atoms with Crippen molar-refractivity contribution in [2.24, 2.45) is 0 Å². The lowest BCUT2D eigenvalue weighted by Crippen LogP contribution is -2.33. The second-order valence-corrected chi connectivity index (χ2v) is 7.55. The van der Waals surface area contributed by atoms with E-state index in [1.54, 1.807) is 23.4 Å². The van der Waals surface area contributed by atoms with Crippen LogP contribution >= 0.6 is 0 Å². The van der Waals surface area contributed by atoms with E-state index in [1.165, 1.54) is 4.90 Å². The molecule has 3 aromatic rings. The number of amides is 2. The van der Waals surface area contributed by atoms with Gasteiger partial charge in [-0.1, -0.05) is 43.3 Å². The first-order chi connectivity index (χ1) is 15.6. The molecule has 0 bridgehead atoms. The van der Waals surface area contributed by atoms with Gasteiger partial charge in [0.15, 0.2) is 0 Å². The standard InChI is InChI=1S/C26H25N3O3/c1-3-16-32-22-13-11-20(12-14-22)23-24(28(2)21-9-5-4-6-10-21)26(31)29(25(23)30)18-19-8-7-15-27-17-19/h4-15,17H,3,16,18H2,1-2H3. The third-order valence-corrected chi connectivity index (χ3v) is 5.30. The molecule has 2 heterocycles. The van der Waals surface area contributed by atoms with Crippen LogP contribution in [0.25, 0.3) is 5.57 Å². The highest BCUT2D eigenvalue weighted by atomic mass is 16.5. The van der Waals surface area contributed by atoms with E-state index in [2.05, 4.69) is 4.98 Å². The van der Waals surface area contributed by atoms with E-state index in [-0.39, 0.29) is 18.4 Å². The highest BCUT2D eigenvalue weighted by molar-refractivity contribution is 6.36. The molecule has 0 N–H and O–H groups in total. The average molecular weight is 428 g/mol. The van der Waals surface area contributed by atoms with Crippen molar-refractivity contribution in [3.05, 3.63) is 95.9 Å². The Bertz CT molecular complexity index is 1130. The van der Waals surface area contributed by atoms with E-state index in [0.717, 1.165) is 23.4 Å². The van der Waals surface area contributed by atoms with E-state index >= 15 is 0 Å². The number of nitrogens with zero attached hydrogens (tertiary/aromatic N) is 3. The van der Waals surface area contributed by atoms with Gasteiger partial charge < -0.3 is 9.64 Å². The Morgan fingerprint density at radius 2 is 1.69 bits per heavy atom. The summed E-state index contributed by atoms with van der Waals surface area (Å²) in [6.45, 7) is 2.84. The van der Waals surface area contributed by atoms with Crippen LogP contribution < -0.4 is 9.64 Å². The zero-order valence-corrected chi connectivity index (χ0v) is 18.2. The number of pyridine rings is 1. The molecule has 1 aliphatic rings. The van der Waals surface area contributed by atoms with Crippen molar-refractivity contribution in [3.8, 4) is 5.75 Å². The van der Waals surface area contributed by atoms with Gasteiger partial charge in [0.25, 0.3) is 11.8 Å². The number of hydrogen-bond acceptors (Lipinski definition) is 5.